The fourth-order valence-corrected chi connectivity index (χ4v) is 2.49. The van der Waals surface area contributed by atoms with Crippen LogP contribution in [0.4, 0.5) is 5.69 Å². The first-order valence-corrected chi connectivity index (χ1v) is 6.68. The highest BCUT2D eigenvalue weighted by atomic mass is 79.9. The Balaban J connectivity index is 2.13. The number of imidazole rings is 1. The fourth-order valence-electron chi connectivity index (χ4n) is 2.00. The van der Waals surface area contributed by atoms with Crippen LogP contribution >= 0.6 is 15.9 Å². The molecule has 0 unspecified atom stereocenters. The van der Waals surface area contributed by atoms with Crippen LogP contribution in [-0.2, 0) is 0 Å². The van der Waals surface area contributed by atoms with Crippen molar-refractivity contribution in [3.8, 4) is 16.9 Å². The van der Waals surface area contributed by atoms with Crippen LogP contribution in [0.2, 0.25) is 0 Å². The van der Waals surface area contributed by atoms with Gasteiger partial charge in [0.2, 0.25) is 0 Å². The second kappa shape index (κ2) is 4.90. The topological polar surface area (TPSA) is 43.8 Å². The Morgan fingerprint density at radius 3 is 2.47 bits per heavy atom. The van der Waals surface area contributed by atoms with Crippen LogP contribution in [0.3, 0.4) is 0 Å². The van der Waals surface area contributed by atoms with Crippen LogP contribution in [0.25, 0.3) is 16.9 Å². The maximum absolute atomic E-state index is 5.72. The van der Waals surface area contributed by atoms with E-state index >= 15 is 0 Å². The van der Waals surface area contributed by atoms with Crippen LogP contribution in [-0.4, -0.2) is 9.55 Å². The molecule has 2 aromatic carbocycles. The number of rotatable bonds is 2. The Labute approximate surface area is 119 Å². The van der Waals surface area contributed by atoms with Gasteiger partial charge >= 0.3 is 0 Å². The molecule has 0 aliphatic heterocycles. The molecule has 0 bridgehead atoms. The summed E-state index contributed by atoms with van der Waals surface area (Å²) in [5.41, 5.74) is 9.66. The van der Waals surface area contributed by atoms with Crippen molar-refractivity contribution < 1.29 is 0 Å². The highest BCUT2D eigenvalue weighted by Crippen LogP contribution is 2.29. The third-order valence-electron chi connectivity index (χ3n) is 2.96. The highest BCUT2D eigenvalue weighted by molar-refractivity contribution is 9.10. The number of hydrogen-bond donors (Lipinski definition) is 1. The fraction of sp³-hybridized carbons (Fsp3) is 0. The van der Waals surface area contributed by atoms with Crippen molar-refractivity contribution in [2.45, 2.75) is 0 Å². The molecule has 0 saturated heterocycles. The summed E-state index contributed by atoms with van der Waals surface area (Å²) in [5, 5.41) is 0. The molecule has 2 N–H and O–H groups in total. The molecule has 0 aliphatic rings. The largest absolute Gasteiger partial charge is 0.399 e. The van der Waals surface area contributed by atoms with E-state index in [9.17, 15) is 0 Å². The molecule has 0 radical (unpaired) electrons. The van der Waals surface area contributed by atoms with E-state index in [0.717, 1.165) is 27.1 Å². The van der Waals surface area contributed by atoms with Gasteiger partial charge in [-0.1, -0.05) is 34.1 Å². The van der Waals surface area contributed by atoms with Gasteiger partial charge in [0.1, 0.15) is 0 Å². The number of anilines is 1. The molecule has 3 nitrogen and oxygen atoms in total. The summed E-state index contributed by atoms with van der Waals surface area (Å²) in [5.74, 6) is 0. The summed E-state index contributed by atoms with van der Waals surface area (Å²) < 4.78 is 3.09. The van der Waals surface area contributed by atoms with Crippen molar-refractivity contribution in [1.82, 2.24) is 9.55 Å². The molecule has 94 valence electrons. The summed E-state index contributed by atoms with van der Waals surface area (Å²) in [7, 11) is 0. The molecule has 0 fully saturated rings. The standard InChI is InChI=1S/C15H12BrN3/c16-14-4-2-1-3-13(14)15-9-18-10-19(15)12-7-5-11(17)6-8-12/h1-10H,17H2. The minimum Gasteiger partial charge on any atom is -0.399 e. The van der Waals surface area contributed by atoms with Crippen molar-refractivity contribution in [1.29, 1.82) is 0 Å². The average molecular weight is 314 g/mol. The number of nitrogens with zero attached hydrogens (tertiary/aromatic N) is 2. The van der Waals surface area contributed by atoms with Gasteiger partial charge in [-0.2, -0.15) is 0 Å². The van der Waals surface area contributed by atoms with E-state index in [0.29, 0.717) is 0 Å². The van der Waals surface area contributed by atoms with Crippen molar-refractivity contribution in [3.05, 3.63) is 65.5 Å². The second-order valence-electron chi connectivity index (χ2n) is 4.22. The van der Waals surface area contributed by atoms with Gasteiger partial charge in [0.15, 0.2) is 0 Å². The van der Waals surface area contributed by atoms with Gasteiger partial charge in [-0.05, 0) is 30.3 Å². The van der Waals surface area contributed by atoms with Crippen LogP contribution in [0, 0.1) is 0 Å². The Hall–Kier alpha value is -2.07. The summed E-state index contributed by atoms with van der Waals surface area (Å²) >= 11 is 3.57. The Kier molecular flexibility index (Phi) is 3.09. The SMILES string of the molecule is Nc1ccc(-n2cncc2-c2ccccc2Br)cc1. The van der Waals surface area contributed by atoms with E-state index in [4.69, 9.17) is 5.73 Å². The maximum atomic E-state index is 5.72. The average Bonchev–Trinajstić information content (AvgIpc) is 2.89. The van der Waals surface area contributed by atoms with Crippen LogP contribution in [0.1, 0.15) is 0 Å². The molecule has 1 aromatic heterocycles. The lowest BCUT2D eigenvalue weighted by Gasteiger charge is -2.09. The third kappa shape index (κ3) is 2.27. The van der Waals surface area contributed by atoms with E-state index in [1.54, 1.807) is 6.33 Å². The van der Waals surface area contributed by atoms with Crippen molar-refractivity contribution in [2.24, 2.45) is 0 Å². The first-order valence-electron chi connectivity index (χ1n) is 5.89. The van der Waals surface area contributed by atoms with E-state index in [-0.39, 0.29) is 0 Å². The molecular weight excluding hydrogens is 302 g/mol. The third-order valence-corrected chi connectivity index (χ3v) is 3.65. The summed E-state index contributed by atoms with van der Waals surface area (Å²) in [4.78, 5) is 4.25. The van der Waals surface area contributed by atoms with Gasteiger partial charge in [0, 0.05) is 21.4 Å². The normalized spacial score (nSPS) is 10.6. The molecule has 1 heterocycles. The summed E-state index contributed by atoms with van der Waals surface area (Å²) in [6, 6.07) is 15.8. The Bertz CT molecular complexity index is 701. The highest BCUT2D eigenvalue weighted by Gasteiger charge is 2.09. The second-order valence-corrected chi connectivity index (χ2v) is 5.07. The lowest BCUT2D eigenvalue weighted by molar-refractivity contribution is 1.06. The van der Waals surface area contributed by atoms with Crippen LogP contribution in [0.15, 0.2) is 65.5 Å². The minimum atomic E-state index is 0.756. The van der Waals surface area contributed by atoms with E-state index in [1.807, 2.05) is 53.2 Å². The predicted molar refractivity (Wildman–Crippen MR) is 81.1 cm³/mol. The van der Waals surface area contributed by atoms with Crippen molar-refractivity contribution in [2.75, 3.05) is 5.73 Å². The lowest BCUT2D eigenvalue weighted by atomic mass is 10.1. The number of benzene rings is 2. The van der Waals surface area contributed by atoms with Crippen molar-refractivity contribution in [3.63, 3.8) is 0 Å². The molecule has 19 heavy (non-hydrogen) atoms. The number of halogens is 1. The maximum Gasteiger partial charge on any atom is 0.0997 e. The van der Waals surface area contributed by atoms with Gasteiger partial charge in [0.25, 0.3) is 0 Å². The van der Waals surface area contributed by atoms with E-state index in [1.165, 1.54) is 0 Å². The Morgan fingerprint density at radius 1 is 1.00 bits per heavy atom. The molecule has 0 saturated carbocycles. The molecule has 3 rings (SSSR count). The van der Waals surface area contributed by atoms with Gasteiger partial charge < -0.3 is 5.73 Å². The number of hydrogen-bond acceptors (Lipinski definition) is 2. The smallest absolute Gasteiger partial charge is 0.0997 e. The molecule has 0 aliphatic carbocycles. The van der Waals surface area contributed by atoms with Crippen LogP contribution in [0.5, 0.6) is 0 Å². The van der Waals surface area contributed by atoms with Gasteiger partial charge in [-0.3, -0.25) is 4.57 Å². The zero-order chi connectivity index (χ0) is 13.2. The molecule has 4 heteroatoms. The van der Waals surface area contributed by atoms with Gasteiger partial charge in [-0.25, -0.2) is 4.98 Å². The first kappa shape index (κ1) is 12.0. The minimum absolute atomic E-state index is 0.756. The quantitative estimate of drug-likeness (QED) is 0.729. The molecule has 0 spiro atoms. The molecular formula is C15H12BrN3. The molecule has 0 amide bonds. The summed E-state index contributed by atoms with van der Waals surface area (Å²) in [6.07, 6.45) is 3.66. The van der Waals surface area contributed by atoms with E-state index in [2.05, 4.69) is 27.0 Å². The first-order chi connectivity index (χ1) is 9.25. The lowest BCUT2D eigenvalue weighted by Crippen LogP contribution is -1.96. The van der Waals surface area contributed by atoms with Gasteiger partial charge in [-0.15, -0.1) is 0 Å². The monoisotopic (exact) mass is 313 g/mol. The van der Waals surface area contributed by atoms with Crippen molar-refractivity contribution >= 4 is 21.6 Å². The summed E-state index contributed by atoms with van der Waals surface area (Å²) in [6.45, 7) is 0. The predicted octanol–water partition coefficient (Wildman–Crippen LogP) is 3.88. The van der Waals surface area contributed by atoms with E-state index < -0.39 is 0 Å². The zero-order valence-electron chi connectivity index (χ0n) is 10.1. The zero-order valence-corrected chi connectivity index (χ0v) is 11.7. The van der Waals surface area contributed by atoms with Crippen LogP contribution < -0.4 is 5.73 Å². The number of aromatic nitrogens is 2. The van der Waals surface area contributed by atoms with Gasteiger partial charge in [0.05, 0.1) is 18.2 Å². The Morgan fingerprint density at radius 2 is 1.74 bits per heavy atom. The molecule has 3 aromatic rings. The number of nitrogen functional groups attached to an aromatic ring is 1. The number of nitrogens with two attached hydrogens (primary N) is 1. The molecule has 0 atom stereocenters.